The topological polar surface area (TPSA) is 57.7 Å². The molecular weight excluding hydrogens is 372 g/mol. The van der Waals surface area contributed by atoms with Crippen molar-refractivity contribution < 1.29 is 13.2 Å². The minimum Gasteiger partial charge on any atom is -0.342 e. The van der Waals surface area contributed by atoms with E-state index in [0.29, 0.717) is 36.7 Å². The van der Waals surface area contributed by atoms with E-state index in [0.717, 1.165) is 35.3 Å². The van der Waals surface area contributed by atoms with Gasteiger partial charge in [0.1, 0.15) is 0 Å². The Morgan fingerprint density at radius 2 is 1.57 bits per heavy atom. The number of hydrogen-bond acceptors (Lipinski definition) is 3. The fourth-order valence-electron chi connectivity index (χ4n) is 4.29. The van der Waals surface area contributed by atoms with Crippen molar-refractivity contribution in [2.45, 2.75) is 65.2 Å². The Labute approximate surface area is 170 Å². The Kier molecular flexibility index (Phi) is 6.20. The fourth-order valence-corrected chi connectivity index (χ4v) is 6.33. The number of rotatable bonds is 6. The van der Waals surface area contributed by atoms with E-state index >= 15 is 0 Å². The van der Waals surface area contributed by atoms with Crippen LogP contribution in [0.2, 0.25) is 0 Å². The van der Waals surface area contributed by atoms with Crippen molar-refractivity contribution >= 4 is 15.9 Å². The largest absolute Gasteiger partial charge is 0.342 e. The zero-order valence-electron chi connectivity index (χ0n) is 17.9. The highest BCUT2D eigenvalue weighted by Gasteiger charge is 2.36. The molecule has 2 aliphatic rings. The second-order valence-corrected chi connectivity index (χ2v) is 10.5. The zero-order chi connectivity index (χ0) is 20.6. The van der Waals surface area contributed by atoms with Gasteiger partial charge in [0, 0.05) is 32.1 Å². The van der Waals surface area contributed by atoms with Crippen LogP contribution in [0.1, 0.15) is 54.9 Å². The first-order valence-electron chi connectivity index (χ1n) is 10.5. The Bertz CT molecular complexity index is 825. The predicted molar refractivity (Wildman–Crippen MR) is 112 cm³/mol. The first kappa shape index (κ1) is 21.3. The van der Waals surface area contributed by atoms with Gasteiger partial charge in [-0.1, -0.05) is 6.07 Å². The maximum atomic E-state index is 13.4. The van der Waals surface area contributed by atoms with E-state index in [2.05, 4.69) is 0 Å². The number of nitrogens with zero attached hydrogens (tertiary/aromatic N) is 2. The minimum atomic E-state index is -3.54. The molecule has 0 unspecified atom stereocenters. The van der Waals surface area contributed by atoms with Crippen LogP contribution in [-0.4, -0.2) is 49.7 Å². The Morgan fingerprint density at radius 1 is 1.04 bits per heavy atom. The molecule has 1 aromatic rings. The quantitative estimate of drug-likeness (QED) is 0.725. The number of piperidine rings is 1. The van der Waals surface area contributed by atoms with Crippen LogP contribution in [0.5, 0.6) is 0 Å². The molecule has 28 heavy (non-hydrogen) atoms. The second kappa shape index (κ2) is 8.15. The van der Waals surface area contributed by atoms with E-state index < -0.39 is 10.0 Å². The number of carbonyl (C=O) groups is 1. The molecule has 156 valence electrons. The van der Waals surface area contributed by atoms with Crippen molar-refractivity contribution in [3.63, 3.8) is 0 Å². The normalized spacial score (nSPS) is 19.0. The SMILES string of the molecule is CCN(CC1CC1)C(=O)C1CCN(S(=O)(=O)c2c(C)c(C)cc(C)c2C)CC1. The minimum absolute atomic E-state index is 0.0495. The average Bonchev–Trinajstić information content (AvgIpc) is 3.48. The maximum absolute atomic E-state index is 13.4. The van der Waals surface area contributed by atoms with Crippen LogP contribution in [0.15, 0.2) is 11.0 Å². The van der Waals surface area contributed by atoms with E-state index in [1.807, 2.05) is 45.6 Å². The van der Waals surface area contributed by atoms with Crippen molar-refractivity contribution in [3.05, 3.63) is 28.3 Å². The fraction of sp³-hybridized carbons (Fsp3) is 0.682. The van der Waals surface area contributed by atoms with Gasteiger partial charge in [-0.05, 0) is 88.5 Å². The summed E-state index contributed by atoms with van der Waals surface area (Å²) in [6.07, 6.45) is 3.69. The standard InChI is InChI=1S/C22H34N2O3S/c1-6-23(14-19-7-8-19)22(25)20-9-11-24(12-10-20)28(26,27)21-17(4)15(2)13-16(3)18(21)5/h13,19-20H,6-12,14H2,1-5H3. The van der Waals surface area contributed by atoms with Gasteiger partial charge >= 0.3 is 0 Å². The Balaban J connectivity index is 1.73. The molecule has 0 bridgehead atoms. The van der Waals surface area contributed by atoms with E-state index in [4.69, 9.17) is 0 Å². The van der Waals surface area contributed by atoms with Crippen molar-refractivity contribution in [1.29, 1.82) is 0 Å². The van der Waals surface area contributed by atoms with E-state index in [9.17, 15) is 13.2 Å². The monoisotopic (exact) mass is 406 g/mol. The molecule has 6 heteroatoms. The lowest BCUT2D eigenvalue weighted by molar-refractivity contribution is -0.136. The highest BCUT2D eigenvalue weighted by molar-refractivity contribution is 7.89. The summed E-state index contributed by atoms with van der Waals surface area (Å²) in [5.41, 5.74) is 3.68. The lowest BCUT2D eigenvalue weighted by Gasteiger charge is -2.34. The van der Waals surface area contributed by atoms with Crippen LogP contribution in [-0.2, 0) is 14.8 Å². The zero-order valence-corrected chi connectivity index (χ0v) is 18.7. The van der Waals surface area contributed by atoms with Gasteiger partial charge in [0.25, 0.3) is 0 Å². The van der Waals surface area contributed by atoms with Crippen LogP contribution in [0.25, 0.3) is 0 Å². The number of carbonyl (C=O) groups excluding carboxylic acids is 1. The summed E-state index contributed by atoms with van der Waals surface area (Å²) in [6, 6.07) is 2.05. The summed E-state index contributed by atoms with van der Waals surface area (Å²) in [4.78, 5) is 15.3. The van der Waals surface area contributed by atoms with Crippen molar-refractivity contribution in [3.8, 4) is 0 Å². The summed E-state index contributed by atoms with van der Waals surface area (Å²) in [5.74, 6) is 0.844. The van der Waals surface area contributed by atoms with Gasteiger partial charge in [0.2, 0.25) is 15.9 Å². The molecule has 1 aromatic carbocycles. The third-order valence-corrected chi connectivity index (χ3v) is 8.74. The predicted octanol–water partition coefficient (Wildman–Crippen LogP) is 3.58. The lowest BCUT2D eigenvalue weighted by atomic mass is 9.96. The van der Waals surface area contributed by atoms with Crippen molar-refractivity contribution in [2.75, 3.05) is 26.2 Å². The summed E-state index contributed by atoms with van der Waals surface area (Å²) in [5, 5.41) is 0. The molecule has 1 aliphatic heterocycles. The number of aryl methyl sites for hydroxylation is 2. The number of hydrogen-bond donors (Lipinski definition) is 0. The summed E-state index contributed by atoms with van der Waals surface area (Å²) in [7, 11) is -3.54. The first-order chi connectivity index (χ1) is 13.2. The van der Waals surface area contributed by atoms with Gasteiger partial charge in [0.05, 0.1) is 4.90 Å². The molecule has 1 saturated carbocycles. The van der Waals surface area contributed by atoms with Crippen LogP contribution in [0.3, 0.4) is 0 Å². The highest BCUT2D eigenvalue weighted by atomic mass is 32.2. The molecule has 1 aliphatic carbocycles. The van der Waals surface area contributed by atoms with E-state index in [1.165, 1.54) is 12.8 Å². The van der Waals surface area contributed by atoms with Gasteiger partial charge in [0.15, 0.2) is 0 Å². The molecular formula is C22H34N2O3S. The van der Waals surface area contributed by atoms with Crippen LogP contribution >= 0.6 is 0 Å². The van der Waals surface area contributed by atoms with E-state index in [1.54, 1.807) is 4.31 Å². The Morgan fingerprint density at radius 3 is 2.04 bits per heavy atom. The number of sulfonamides is 1. The molecule has 5 nitrogen and oxygen atoms in total. The molecule has 1 saturated heterocycles. The summed E-state index contributed by atoms with van der Waals surface area (Å²) < 4.78 is 28.4. The maximum Gasteiger partial charge on any atom is 0.243 e. The highest BCUT2D eigenvalue weighted by Crippen LogP contribution is 2.33. The first-order valence-corrected chi connectivity index (χ1v) is 12.0. The molecule has 1 amide bonds. The van der Waals surface area contributed by atoms with Gasteiger partial charge in [-0.2, -0.15) is 4.31 Å². The molecule has 0 radical (unpaired) electrons. The molecule has 2 fully saturated rings. The molecule has 0 aromatic heterocycles. The van der Waals surface area contributed by atoms with Gasteiger partial charge < -0.3 is 4.90 Å². The Hall–Kier alpha value is -1.40. The summed E-state index contributed by atoms with van der Waals surface area (Å²) in [6.45, 7) is 12.2. The molecule has 3 rings (SSSR count). The van der Waals surface area contributed by atoms with Gasteiger partial charge in [-0.25, -0.2) is 8.42 Å². The smallest absolute Gasteiger partial charge is 0.243 e. The molecule has 0 N–H and O–H groups in total. The van der Waals surface area contributed by atoms with Crippen LogP contribution < -0.4 is 0 Å². The van der Waals surface area contributed by atoms with Gasteiger partial charge in [-0.3, -0.25) is 4.79 Å². The number of amides is 1. The molecule has 0 atom stereocenters. The van der Waals surface area contributed by atoms with Crippen LogP contribution in [0.4, 0.5) is 0 Å². The third kappa shape index (κ3) is 4.13. The lowest BCUT2D eigenvalue weighted by Crippen LogP contribution is -2.45. The summed E-state index contributed by atoms with van der Waals surface area (Å²) >= 11 is 0. The van der Waals surface area contributed by atoms with Gasteiger partial charge in [-0.15, -0.1) is 0 Å². The molecule has 1 heterocycles. The second-order valence-electron chi connectivity index (χ2n) is 8.59. The number of benzene rings is 1. The van der Waals surface area contributed by atoms with Crippen LogP contribution in [0, 0.1) is 39.5 Å². The average molecular weight is 407 g/mol. The van der Waals surface area contributed by atoms with Crippen molar-refractivity contribution in [2.24, 2.45) is 11.8 Å². The third-order valence-electron chi connectivity index (χ3n) is 6.57. The van der Waals surface area contributed by atoms with Crippen molar-refractivity contribution in [1.82, 2.24) is 9.21 Å². The molecule has 0 spiro atoms. The van der Waals surface area contributed by atoms with E-state index in [-0.39, 0.29) is 11.8 Å².